The fraction of sp³-hybridized carbons (Fsp3) is 0.615. The van der Waals surface area contributed by atoms with Crippen LogP contribution in [0.25, 0.3) is 0 Å². The Labute approximate surface area is 129 Å². The first-order valence-electron chi connectivity index (χ1n) is 6.90. The van der Waals surface area contributed by atoms with Crippen molar-refractivity contribution in [2.45, 2.75) is 38.2 Å². The molecule has 0 saturated carbocycles. The number of ether oxygens (including phenoxy) is 1. The van der Waals surface area contributed by atoms with Crippen molar-refractivity contribution in [2.75, 3.05) is 11.9 Å². The van der Waals surface area contributed by atoms with Gasteiger partial charge in [0.15, 0.2) is 6.10 Å². The van der Waals surface area contributed by atoms with Crippen LogP contribution in [0.15, 0.2) is 17.1 Å². The fourth-order valence-electron chi connectivity index (χ4n) is 2.05. The molecule has 0 bridgehead atoms. The van der Waals surface area contributed by atoms with E-state index in [0.717, 1.165) is 6.20 Å². The number of nitrogens with zero attached hydrogens (tertiary/aromatic N) is 2. The van der Waals surface area contributed by atoms with Gasteiger partial charge in [-0.2, -0.15) is 13.8 Å². The summed E-state index contributed by atoms with van der Waals surface area (Å²) in [6, 6.07) is 1.17. The van der Waals surface area contributed by atoms with E-state index >= 15 is 0 Å². The molecule has 1 fully saturated rings. The van der Waals surface area contributed by atoms with Gasteiger partial charge in [0, 0.05) is 12.1 Å². The third-order valence-corrected chi connectivity index (χ3v) is 3.42. The van der Waals surface area contributed by atoms with Gasteiger partial charge in [-0.1, -0.05) is 13.8 Å². The summed E-state index contributed by atoms with van der Waals surface area (Å²) in [6.45, 7) is 2.46. The fourth-order valence-corrected chi connectivity index (χ4v) is 2.05. The van der Waals surface area contributed by atoms with Crippen molar-refractivity contribution in [3.63, 3.8) is 0 Å². The largest absolute Gasteiger partial charge is 0.394 e. The molecule has 0 radical (unpaired) electrons. The highest BCUT2D eigenvalue weighted by Crippen LogP contribution is 2.41. The summed E-state index contributed by atoms with van der Waals surface area (Å²) in [5.74, 6) is -4.58. The van der Waals surface area contributed by atoms with Crippen LogP contribution in [0.5, 0.6) is 0 Å². The number of aliphatic hydroxyl groups excluding tert-OH is 2. The van der Waals surface area contributed by atoms with Gasteiger partial charge in [0.25, 0.3) is 0 Å². The van der Waals surface area contributed by atoms with Crippen molar-refractivity contribution in [2.24, 2.45) is 5.92 Å². The van der Waals surface area contributed by atoms with Crippen LogP contribution < -0.4 is 11.0 Å². The Morgan fingerprint density at radius 1 is 1.57 bits per heavy atom. The quantitative estimate of drug-likeness (QED) is 0.699. The second-order valence-electron chi connectivity index (χ2n) is 5.48. The molecule has 23 heavy (non-hydrogen) atoms. The van der Waals surface area contributed by atoms with E-state index in [4.69, 9.17) is 9.84 Å². The van der Waals surface area contributed by atoms with Crippen molar-refractivity contribution in [3.05, 3.63) is 22.7 Å². The molecular formula is C13H17F2N3O5. The normalized spacial score (nSPS) is 26.5. The molecule has 3 atom stereocenters. The lowest BCUT2D eigenvalue weighted by molar-refractivity contribution is -0.141. The molecule has 3 unspecified atom stereocenters. The second kappa shape index (κ2) is 6.30. The molecule has 0 spiro atoms. The maximum absolute atomic E-state index is 14.0. The van der Waals surface area contributed by atoms with Crippen molar-refractivity contribution in [3.8, 4) is 0 Å². The highest BCUT2D eigenvalue weighted by Gasteiger charge is 2.59. The lowest BCUT2D eigenvalue weighted by Gasteiger charge is -2.21. The molecule has 0 aliphatic carbocycles. The topological polar surface area (TPSA) is 114 Å². The number of alkyl halides is 2. The molecule has 1 aliphatic heterocycles. The van der Waals surface area contributed by atoms with Crippen LogP contribution in [-0.4, -0.2) is 50.4 Å². The molecule has 2 rings (SSSR count). The number of aromatic nitrogens is 2. The molecule has 1 amide bonds. The molecule has 128 valence electrons. The minimum atomic E-state index is -3.78. The maximum atomic E-state index is 14.0. The van der Waals surface area contributed by atoms with Crippen LogP contribution >= 0.6 is 0 Å². The zero-order valence-electron chi connectivity index (χ0n) is 12.4. The third-order valence-electron chi connectivity index (χ3n) is 3.42. The minimum absolute atomic E-state index is 0.0782. The van der Waals surface area contributed by atoms with E-state index in [2.05, 4.69) is 10.3 Å². The molecule has 0 aromatic carbocycles. The van der Waals surface area contributed by atoms with Crippen molar-refractivity contribution in [1.29, 1.82) is 0 Å². The molecular weight excluding hydrogens is 316 g/mol. The van der Waals surface area contributed by atoms with Crippen LogP contribution in [-0.2, 0) is 9.53 Å². The summed E-state index contributed by atoms with van der Waals surface area (Å²) in [5.41, 5.74) is -1.08. The summed E-state index contributed by atoms with van der Waals surface area (Å²) in [4.78, 5) is 26.9. The summed E-state index contributed by atoms with van der Waals surface area (Å²) in [7, 11) is 0. The zero-order valence-corrected chi connectivity index (χ0v) is 12.4. The lowest BCUT2D eigenvalue weighted by Crippen LogP contribution is -2.41. The van der Waals surface area contributed by atoms with Crippen LogP contribution in [0, 0.1) is 5.92 Å². The first kappa shape index (κ1) is 17.4. The number of hydrogen-bond donors (Lipinski definition) is 3. The van der Waals surface area contributed by atoms with E-state index < -0.39 is 36.7 Å². The number of halogens is 2. The smallest absolute Gasteiger partial charge is 0.351 e. The van der Waals surface area contributed by atoms with Crippen LogP contribution in [0.1, 0.15) is 20.1 Å². The number of anilines is 1. The Kier molecular flexibility index (Phi) is 4.78. The number of nitrogens with one attached hydrogen (secondary N) is 1. The van der Waals surface area contributed by atoms with E-state index in [1.165, 1.54) is 6.07 Å². The SMILES string of the molecule is CC(C)C(=O)Nc1ccn(C2OC(CO)C(O)C2(F)F)c(=O)n1. The van der Waals surface area contributed by atoms with Crippen molar-refractivity contribution < 1.29 is 28.5 Å². The number of aliphatic hydroxyl groups is 2. The Balaban J connectivity index is 2.28. The maximum Gasteiger partial charge on any atom is 0.351 e. The number of carbonyl (C=O) groups excluding carboxylic acids is 1. The highest BCUT2D eigenvalue weighted by atomic mass is 19.3. The standard InChI is InChI=1S/C13H17F2N3O5/c1-6(2)10(21)16-8-3-4-18(12(22)17-8)11-13(14,15)9(20)7(5-19)23-11/h3-4,6-7,9,11,19-20H,5H2,1-2H3,(H,16,17,21,22). The van der Waals surface area contributed by atoms with Gasteiger partial charge in [-0.15, -0.1) is 0 Å². The second-order valence-corrected chi connectivity index (χ2v) is 5.48. The van der Waals surface area contributed by atoms with Crippen molar-refractivity contribution >= 4 is 11.7 Å². The van der Waals surface area contributed by atoms with E-state index in [0.29, 0.717) is 4.57 Å². The van der Waals surface area contributed by atoms with Gasteiger partial charge in [-0.05, 0) is 6.07 Å². The summed E-state index contributed by atoms with van der Waals surface area (Å²) in [6.07, 6.45) is -4.87. The lowest BCUT2D eigenvalue weighted by atomic mass is 10.1. The molecule has 1 aromatic heterocycles. The summed E-state index contributed by atoms with van der Waals surface area (Å²) in [5, 5.41) is 20.7. The van der Waals surface area contributed by atoms with Gasteiger partial charge < -0.3 is 20.3 Å². The average molecular weight is 333 g/mol. The minimum Gasteiger partial charge on any atom is -0.394 e. The Hall–Kier alpha value is -1.91. The molecule has 8 nitrogen and oxygen atoms in total. The van der Waals surface area contributed by atoms with E-state index in [1.54, 1.807) is 13.8 Å². The molecule has 1 saturated heterocycles. The Morgan fingerprint density at radius 3 is 2.70 bits per heavy atom. The van der Waals surface area contributed by atoms with Gasteiger partial charge in [0.1, 0.15) is 11.9 Å². The Morgan fingerprint density at radius 2 is 2.22 bits per heavy atom. The first-order chi connectivity index (χ1) is 10.7. The van der Waals surface area contributed by atoms with Gasteiger partial charge in [0.05, 0.1) is 6.61 Å². The molecule has 2 heterocycles. The summed E-state index contributed by atoms with van der Waals surface area (Å²) >= 11 is 0. The first-order valence-corrected chi connectivity index (χ1v) is 6.90. The van der Waals surface area contributed by atoms with Crippen LogP contribution in [0.4, 0.5) is 14.6 Å². The Bertz CT molecular complexity index is 649. The predicted octanol–water partition coefficient (Wildman–Crippen LogP) is -0.276. The van der Waals surface area contributed by atoms with E-state index in [-0.39, 0.29) is 17.6 Å². The molecule has 3 N–H and O–H groups in total. The molecule has 1 aliphatic rings. The van der Waals surface area contributed by atoms with E-state index in [1.807, 2.05) is 0 Å². The number of carbonyl (C=O) groups is 1. The van der Waals surface area contributed by atoms with Crippen LogP contribution in [0.3, 0.4) is 0 Å². The summed E-state index contributed by atoms with van der Waals surface area (Å²) < 4.78 is 33.3. The zero-order chi connectivity index (χ0) is 17.4. The molecule has 10 heteroatoms. The van der Waals surface area contributed by atoms with Gasteiger partial charge >= 0.3 is 11.6 Å². The molecule has 1 aromatic rings. The van der Waals surface area contributed by atoms with Gasteiger partial charge in [-0.3, -0.25) is 9.36 Å². The number of rotatable bonds is 4. The van der Waals surface area contributed by atoms with Gasteiger partial charge in [0.2, 0.25) is 12.1 Å². The number of amides is 1. The predicted molar refractivity (Wildman–Crippen MR) is 73.9 cm³/mol. The van der Waals surface area contributed by atoms with Gasteiger partial charge in [-0.25, -0.2) is 4.79 Å². The third kappa shape index (κ3) is 3.23. The van der Waals surface area contributed by atoms with Crippen LogP contribution in [0.2, 0.25) is 0 Å². The highest BCUT2D eigenvalue weighted by molar-refractivity contribution is 5.91. The number of hydrogen-bond acceptors (Lipinski definition) is 6. The average Bonchev–Trinajstić information content (AvgIpc) is 2.70. The monoisotopic (exact) mass is 333 g/mol. The van der Waals surface area contributed by atoms with E-state index in [9.17, 15) is 23.5 Å². The van der Waals surface area contributed by atoms with Crippen molar-refractivity contribution in [1.82, 2.24) is 9.55 Å².